The molecule has 2 aromatic rings. The number of anilines is 1. The van der Waals surface area contributed by atoms with Gasteiger partial charge in [-0.25, -0.2) is 4.39 Å². The van der Waals surface area contributed by atoms with Crippen molar-refractivity contribution in [3.63, 3.8) is 0 Å². The first kappa shape index (κ1) is 14.7. The van der Waals surface area contributed by atoms with Crippen LogP contribution in [0.5, 0.6) is 5.75 Å². The molecule has 0 bridgehead atoms. The highest BCUT2D eigenvalue weighted by Crippen LogP contribution is 2.45. The monoisotopic (exact) mass is 303 g/mol. The summed E-state index contributed by atoms with van der Waals surface area (Å²) in [5, 5.41) is 8.14. The fraction of sp³-hybridized carbons (Fsp3) is 0.375. The second-order valence-corrected chi connectivity index (χ2v) is 5.24. The van der Waals surface area contributed by atoms with Gasteiger partial charge in [-0.3, -0.25) is 0 Å². The van der Waals surface area contributed by atoms with E-state index in [0.717, 1.165) is 18.4 Å². The molecule has 1 fully saturated rings. The van der Waals surface area contributed by atoms with Crippen molar-refractivity contribution in [3.8, 4) is 17.0 Å². The summed E-state index contributed by atoms with van der Waals surface area (Å²) in [6, 6.07) is 6.22. The van der Waals surface area contributed by atoms with E-state index in [1.54, 1.807) is 6.07 Å². The number of hydrogen-bond acceptors (Lipinski definition) is 5. The second kappa shape index (κ2) is 6.27. The smallest absolute Gasteiger partial charge is 0.189 e. The summed E-state index contributed by atoms with van der Waals surface area (Å²) < 4.78 is 24.2. The van der Waals surface area contributed by atoms with Gasteiger partial charge < -0.3 is 15.2 Å². The zero-order chi connectivity index (χ0) is 15.5. The van der Waals surface area contributed by atoms with Gasteiger partial charge in [0.2, 0.25) is 0 Å². The quantitative estimate of drug-likeness (QED) is 0.656. The molecule has 3 rings (SSSR count). The van der Waals surface area contributed by atoms with E-state index in [4.69, 9.17) is 15.2 Å². The zero-order valence-corrected chi connectivity index (χ0v) is 12.4. The lowest BCUT2D eigenvalue weighted by molar-refractivity contribution is 0.0226. The second-order valence-electron chi connectivity index (χ2n) is 5.24. The Morgan fingerprint density at radius 2 is 2.09 bits per heavy atom. The maximum absolute atomic E-state index is 13.5. The molecule has 1 heterocycles. The molecular formula is C16H18FN3O2. The fourth-order valence-electron chi connectivity index (χ4n) is 2.34. The zero-order valence-electron chi connectivity index (χ0n) is 12.4. The molecule has 0 unspecified atom stereocenters. The van der Waals surface area contributed by atoms with Crippen LogP contribution in [0, 0.1) is 5.82 Å². The van der Waals surface area contributed by atoms with Gasteiger partial charge in [0.1, 0.15) is 23.1 Å². The Hall–Kier alpha value is -2.21. The summed E-state index contributed by atoms with van der Waals surface area (Å²) in [6.45, 7) is 2.46. The SMILES string of the molecule is CCOCOc1cc(F)ccc1-c1nnc(N)cc1C1CC1. The van der Waals surface area contributed by atoms with E-state index >= 15 is 0 Å². The van der Waals surface area contributed by atoms with Crippen molar-refractivity contribution in [1.29, 1.82) is 0 Å². The average Bonchev–Trinajstić information content (AvgIpc) is 3.33. The molecule has 5 nitrogen and oxygen atoms in total. The molecule has 22 heavy (non-hydrogen) atoms. The van der Waals surface area contributed by atoms with Crippen LogP contribution in [-0.2, 0) is 4.74 Å². The van der Waals surface area contributed by atoms with Crippen molar-refractivity contribution in [1.82, 2.24) is 10.2 Å². The third kappa shape index (κ3) is 3.17. The van der Waals surface area contributed by atoms with Gasteiger partial charge >= 0.3 is 0 Å². The van der Waals surface area contributed by atoms with Crippen molar-refractivity contribution in [2.24, 2.45) is 0 Å². The summed E-state index contributed by atoms with van der Waals surface area (Å²) in [4.78, 5) is 0. The summed E-state index contributed by atoms with van der Waals surface area (Å²) in [5.74, 6) is 0.864. The first-order valence-electron chi connectivity index (χ1n) is 7.32. The number of nitrogens with zero attached hydrogens (tertiary/aromatic N) is 2. The number of rotatable bonds is 6. The first-order valence-corrected chi connectivity index (χ1v) is 7.32. The standard InChI is InChI=1S/C16H18FN3O2/c1-2-21-9-22-14-7-11(17)5-6-12(14)16-13(10-3-4-10)8-15(18)19-20-16/h5-8,10H,2-4,9H2,1H3,(H2,18,19). The van der Waals surface area contributed by atoms with E-state index < -0.39 is 0 Å². The molecule has 1 aliphatic carbocycles. The van der Waals surface area contributed by atoms with E-state index in [-0.39, 0.29) is 12.6 Å². The van der Waals surface area contributed by atoms with Crippen molar-refractivity contribution < 1.29 is 13.9 Å². The molecule has 0 saturated heterocycles. The third-order valence-electron chi connectivity index (χ3n) is 3.56. The van der Waals surface area contributed by atoms with Gasteiger partial charge in [-0.15, -0.1) is 10.2 Å². The topological polar surface area (TPSA) is 70.3 Å². The Balaban J connectivity index is 2.00. The first-order chi connectivity index (χ1) is 10.7. The highest BCUT2D eigenvalue weighted by atomic mass is 19.1. The van der Waals surface area contributed by atoms with Crippen molar-refractivity contribution >= 4 is 5.82 Å². The number of hydrogen-bond donors (Lipinski definition) is 1. The van der Waals surface area contributed by atoms with E-state index in [1.807, 2.05) is 13.0 Å². The molecule has 0 aliphatic heterocycles. The number of nitrogen functional groups attached to an aromatic ring is 1. The van der Waals surface area contributed by atoms with Gasteiger partial charge in [-0.1, -0.05) is 0 Å². The maximum atomic E-state index is 13.5. The molecule has 0 atom stereocenters. The van der Waals surface area contributed by atoms with Gasteiger partial charge in [-0.05, 0) is 49.4 Å². The van der Waals surface area contributed by atoms with E-state index in [9.17, 15) is 4.39 Å². The van der Waals surface area contributed by atoms with E-state index in [2.05, 4.69) is 10.2 Å². The molecular weight excluding hydrogens is 285 g/mol. The van der Waals surface area contributed by atoms with E-state index in [1.165, 1.54) is 12.1 Å². The van der Waals surface area contributed by atoms with E-state index in [0.29, 0.717) is 35.3 Å². The average molecular weight is 303 g/mol. The predicted octanol–water partition coefficient (Wildman–Crippen LogP) is 3.12. The number of aromatic nitrogens is 2. The van der Waals surface area contributed by atoms with Crippen molar-refractivity contribution in [3.05, 3.63) is 35.6 Å². The van der Waals surface area contributed by atoms with Crippen LogP contribution in [0.2, 0.25) is 0 Å². The van der Waals surface area contributed by atoms with Crippen LogP contribution >= 0.6 is 0 Å². The minimum Gasteiger partial charge on any atom is -0.467 e. The number of halogens is 1. The van der Waals surface area contributed by atoms with Gasteiger partial charge in [0, 0.05) is 18.2 Å². The Bertz CT molecular complexity index is 674. The van der Waals surface area contributed by atoms with Gasteiger partial charge in [0.05, 0.1) is 0 Å². The summed E-state index contributed by atoms with van der Waals surface area (Å²) in [5.41, 5.74) is 8.19. The Labute approximate surface area is 128 Å². The highest BCUT2D eigenvalue weighted by Gasteiger charge is 2.29. The number of ether oxygens (including phenoxy) is 2. The van der Waals surface area contributed by atoms with Crippen LogP contribution in [0.3, 0.4) is 0 Å². The van der Waals surface area contributed by atoms with Crippen LogP contribution in [0.15, 0.2) is 24.3 Å². The summed E-state index contributed by atoms with van der Waals surface area (Å²) >= 11 is 0. The Kier molecular flexibility index (Phi) is 4.20. The van der Waals surface area contributed by atoms with Gasteiger partial charge in [-0.2, -0.15) is 0 Å². The molecule has 1 saturated carbocycles. The lowest BCUT2D eigenvalue weighted by Crippen LogP contribution is -2.05. The van der Waals surface area contributed by atoms with Crippen molar-refractivity contribution in [2.75, 3.05) is 19.1 Å². The summed E-state index contributed by atoms with van der Waals surface area (Å²) in [7, 11) is 0. The van der Waals surface area contributed by atoms with Crippen LogP contribution in [0.4, 0.5) is 10.2 Å². The molecule has 0 radical (unpaired) electrons. The van der Waals surface area contributed by atoms with Gasteiger partial charge in [0.25, 0.3) is 0 Å². The molecule has 0 amide bonds. The molecule has 1 aromatic heterocycles. The lowest BCUT2D eigenvalue weighted by Gasteiger charge is -2.13. The van der Waals surface area contributed by atoms with Crippen LogP contribution in [0.25, 0.3) is 11.3 Å². The third-order valence-corrected chi connectivity index (χ3v) is 3.56. The van der Waals surface area contributed by atoms with Crippen molar-refractivity contribution in [2.45, 2.75) is 25.7 Å². The van der Waals surface area contributed by atoms with Crippen LogP contribution < -0.4 is 10.5 Å². The molecule has 116 valence electrons. The molecule has 6 heteroatoms. The number of benzene rings is 1. The predicted molar refractivity (Wildman–Crippen MR) is 80.9 cm³/mol. The molecule has 0 spiro atoms. The maximum Gasteiger partial charge on any atom is 0.189 e. The highest BCUT2D eigenvalue weighted by molar-refractivity contribution is 5.71. The summed E-state index contributed by atoms with van der Waals surface area (Å²) in [6.07, 6.45) is 2.21. The number of nitrogens with two attached hydrogens (primary N) is 1. The minimum atomic E-state index is -0.369. The molecule has 1 aromatic carbocycles. The van der Waals surface area contributed by atoms with Crippen LogP contribution in [-0.4, -0.2) is 23.6 Å². The van der Waals surface area contributed by atoms with Crippen LogP contribution in [0.1, 0.15) is 31.2 Å². The fourth-order valence-corrected chi connectivity index (χ4v) is 2.34. The Morgan fingerprint density at radius 1 is 1.27 bits per heavy atom. The lowest BCUT2D eigenvalue weighted by atomic mass is 10.0. The molecule has 1 aliphatic rings. The Morgan fingerprint density at radius 3 is 2.82 bits per heavy atom. The minimum absolute atomic E-state index is 0.0636. The van der Waals surface area contributed by atoms with Gasteiger partial charge in [0.15, 0.2) is 6.79 Å². The normalized spacial score (nSPS) is 14.1. The largest absolute Gasteiger partial charge is 0.467 e. The molecule has 2 N–H and O–H groups in total.